The van der Waals surface area contributed by atoms with Crippen molar-refractivity contribution in [2.24, 2.45) is 0 Å². The van der Waals surface area contributed by atoms with Crippen LogP contribution >= 0.6 is 35.2 Å². The molecule has 142 valence electrons. The van der Waals surface area contributed by atoms with Gasteiger partial charge >= 0.3 is 0 Å². The van der Waals surface area contributed by atoms with E-state index in [1.807, 2.05) is 19.9 Å². The first-order valence-electron chi connectivity index (χ1n) is 8.23. The van der Waals surface area contributed by atoms with Gasteiger partial charge in [-0.05, 0) is 43.3 Å². The Bertz CT molecular complexity index is 1150. The average Bonchev–Trinajstić information content (AvgIpc) is 3.04. The molecule has 0 aliphatic heterocycles. The Morgan fingerprint density at radius 2 is 2.15 bits per heavy atom. The second kappa shape index (κ2) is 7.84. The van der Waals surface area contributed by atoms with Crippen LogP contribution in [0.3, 0.4) is 0 Å². The van der Waals surface area contributed by atoms with E-state index in [1.54, 1.807) is 12.1 Å². The van der Waals surface area contributed by atoms with Crippen molar-refractivity contribution < 1.29 is 9.53 Å². The van der Waals surface area contributed by atoms with Crippen molar-refractivity contribution >= 4 is 57.0 Å². The molecule has 1 aromatic carbocycles. The Labute approximate surface area is 169 Å². The molecule has 2 heterocycles. The first kappa shape index (κ1) is 19.6. The van der Waals surface area contributed by atoms with Crippen molar-refractivity contribution in [2.75, 3.05) is 12.4 Å². The molecule has 0 bridgehead atoms. The van der Waals surface area contributed by atoms with Gasteiger partial charge in [-0.3, -0.25) is 14.2 Å². The van der Waals surface area contributed by atoms with E-state index in [-0.39, 0.29) is 22.8 Å². The van der Waals surface area contributed by atoms with Gasteiger partial charge in [0.25, 0.3) is 5.56 Å². The van der Waals surface area contributed by atoms with E-state index in [4.69, 9.17) is 28.6 Å². The minimum Gasteiger partial charge on any atom is -0.495 e. The lowest BCUT2D eigenvalue weighted by Gasteiger charge is -2.13. The van der Waals surface area contributed by atoms with Crippen molar-refractivity contribution in [2.45, 2.75) is 26.8 Å². The summed E-state index contributed by atoms with van der Waals surface area (Å²) in [7, 11) is 1.49. The third-order valence-corrected chi connectivity index (χ3v) is 6.05. The number of aromatic amines is 1. The van der Waals surface area contributed by atoms with E-state index < -0.39 is 0 Å². The molecular formula is C18H18ClN3O3S2. The molecule has 0 atom stereocenters. The fraction of sp³-hybridized carbons (Fsp3) is 0.278. The monoisotopic (exact) mass is 423 g/mol. The van der Waals surface area contributed by atoms with Gasteiger partial charge in [-0.25, -0.2) is 0 Å². The Balaban J connectivity index is 1.92. The van der Waals surface area contributed by atoms with E-state index in [9.17, 15) is 9.59 Å². The number of anilines is 1. The highest BCUT2D eigenvalue weighted by atomic mass is 35.5. The number of nitrogens with one attached hydrogen (secondary N) is 2. The summed E-state index contributed by atoms with van der Waals surface area (Å²) in [6, 6.07) is 5.19. The highest BCUT2D eigenvalue weighted by molar-refractivity contribution is 7.71. The fourth-order valence-corrected chi connectivity index (χ4v) is 4.13. The van der Waals surface area contributed by atoms with Crippen molar-refractivity contribution in [3.63, 3.8) is 0 Å². The topological polar surface area (TPSA) is 76.1 Å². The second-order valence-electron chi connectivity index (χ2n) is 5.98. The molecule has 27 heavy (non-hydrogen) atoms. The Morgan fingerprint density at radius 3 is 2.81 bits per heavy atom. The number of methoxy groups -OCH3 is 1. The van der Waals surface area contributed by atoms with Crippen LogP contribution in [0.5, 0.6) is 5.75 Å². The molecule has 2 N–H and O–H groups in total. The number of fused-ring (bicyclic) bond motifs is 1. The number of nitrogens with zero attached hydrogens (tertiary/aromatic N) is 1. The molecule has 2 aromatic heterocycles. The zero-order valence-corrected chi connectivity index (χ0v) is 17.4. The number of rotatable bonds is 5. The van der Waals surface area contributed by atoms with Crippen molar-refractivity contribution in [1.29, 1.82) is 0 Å². The minimum atomic E-state index is -0.387. The molecule has 3 rings (SSSR count). The average molecular weight is 424 g/mol. The zero-order valence-electron chi connectivity index (χ0n) is 15.0. The summed E-state index contributed by atoms with van der Waals surface area (Å²) in [5, 5.41) is 3.84. The first-order valence-corrected chi connectivity index (χ1v) is 9.83. The Hall–Kier alpha value is -2.16. The summed E-state index contributed by atoms with van der Waals surface area (Å²) in [6.07, 6.45) is 0.829. The van der Waals surface area contributed by atoms with E-state index in [2.05, 4.69) is 10.3 Å². The summed E-state index contributed by atoms with van der Waals surface area (Å²) in [5.74, 6) is 0.0549. The number of H-pyrrole nitrogens is 1. The number of ether oxygens (including phenoxy) is 1. The number of hydrogen-bond acceptors (Lipinski definition) is 5. The number of carbonyl (C=O) groups is 1. The number of hydrogen-bond donors (Lipinski definition) is 2. The molecule has 9 heteroatoms. The quantitative estimate of drug-likeness (QED) is 0.600. The smallest absolute Gasteiger partial charge is 0.263 e. The van der Waals surface area contributed by atoms with Crippen molar-refractivity contribution in [3.05, 3.63) is 48.8 Å². The fourth-order valence-electron chi connectivity index (χ4n) is 2.68. The van der Waals surface area contributed by atoms with Gasteiger partial charge in [-0.15, -0.1) is 11.3 Å². The molecule has 0 unspecified atom stereocenters. The highest BCUT2D eigenvalue weighted by Crippen LogP contribution is 2.31. The van der Waals surface area contributed by atoms with Gasteiger partial charge in [0, 0.05) is 16.0 Å². The van der Waals surface area contributed by atoms with Gasteiger partial charge in [0.15, 0.2) is 4.77 Å². The standard InChI is InChI=1S/C18H18ClN3O3S2/c1-4-10-6-11-16(27-10)21-18(26)22(17(11)24)8-15(23)20-13-5-9(2)12(19)7-14(13)25-3/h5-7H,4,8H2,1-3H3,(H,20,23)(H,21,26). The summed E-state index contributed by atoms with van der Waals surface area (Å²) >= 11 is 12.9. The van der Waals surface area contributed by atoms with Gasteiger partial charge in [0.2, 0.25) is 5.91 Å². The SMILES string of the molecule is CCc1cc2c(=O)n(CC(=O)Nc3cc(C)c(Cl)cc3OC)c(=S)[nH]c2s1. The first-order chi connectivity index (χ1) is 12.8. The van der Waals surface area contributed by atoms with Gasteiger partial charge in [-0.1, -0.05) is 18.5 Å². The van der Waals surface area contributed by atoms with Crippen LogP contribution in [0.2, 0.25) is 5.02 Å². The molecule has 0 spiro atoms. The molecule has 0 aliphatic rings. The van der Waals surface area contributed by atoms with Gasteiger partial charge in [0.1, 0.15) is 17.1 Å². The Morgan fingerprint density at radius 1 is 1.41 bits per heavy atom. The van der Waals surface area contributed by atoms with Crippen LogP contribution in [0.25, 0.3) is 10.2 Å². The van der Waals surface area contributed by atoms with Crippen LogP contribution < -0.4 is 15.6 Å². The van der Waals surface area contributed by atoms with Gasteiger partial charge in [-0.2, -0.15) is 0 Å². The number of benzene rings is 1. The number of thiophene rings is 1. The molecule has 0 saturated heterocycles. The Kier molecular flexibility index (Phi) is 5.69. The van der Waals surface area contributed by atoms with Crippen LogP contribution in [0.4, 0.5) is 5.69 Å². The van der Waals surface area contributed by atoms with Crippen molar-refractivity contribution in [3.8, 4) is 5.75 Å². The molecule has 1 amide bonds. The van der Waals surface area contributed by atoms with Crippen LogP contribution in [0, 0.1) is 11.7 Å². The number of carbonyl (C=O) groups excluding carboxylic acids is 1. The lowest BCUT2D eigenvalue weighted by molar-refractivity contribution is -0.116. The molecule has 6 nitrogen and oxygen atoms in total. The van der Waals surface area contributed by atoms with E-state index in [1.165, 1.54) is 23.0 Å². The molecule has 0 fully saturated rings. The maximum absolute atomic E-state index is 12.7. The maximum Gasteiger partial charge on any atom is 0.263 e. The van der Waals surface area contributed by atoms with Crippen molar-refractivity contribution in [1.82, 2.24) is 9.55 Å². The zero-order chi connectivity index (χ0) is 19.7. The molecule has 0 radical (unpaired) electrons. The molecule has 3 aromatic rings. The number of halogens is 1. The molecular weight excluding hydrogens is 406 g/mol. The lowest BCUT2D eigenvalue weighted by atomic mass is 10.2. The predicted molar refractivity (Wildman–Crippen MR) is 112 cm³/mol. The van der Waals surface area contributed by atoms with Crippen LogP contribution in [-0.4, -0.2) is 22.6 Å². The number of aryl methyl sites for hydroxylation is 2. The lowest BCUT2D eigenvalue weighted by Crippen LogP contribution is -2.28. The largest absolute Gasteiger partial charge is 0.495 e. The molecule has 0 saturated carbocycles. The normalized spacial score (nSPS) is 11.0. The number of amides is 1. The van der Waals surface area contributed by atoms with E-state index in [0.29, 0.717) is 21.8 Å². The van der Waals surface area contributed by atoms with Gasteiger partial charge in [0.05, 0.1) is 18.2 Å². The maximum atomic E-state index is 12.7. The summed E-state index contributed by atoms with van der Waals surface area (Å²) in [6.45, 7) is 3.65. The van der Waals surface area contributed by atoms with E-state index in [0.717, 1.165) is 21.7 Å². The third kappa shape index (κ3) is 3.92. The van der Waals surface area contributed by atoms with Crippen LogP contribution in [0.1, 0.15) is 17.4 Å². The number of aromatic nitrogens is 2. The summed E-state index contributed by atoms with van der Waals surface area (Å²) in [5.41, 5.74) is 1.00. The molecule has 0 aliphatic carbocycles. The van der Waals surface area contributed by atoms with E-state index >= 15 is 0 Å². The summed E-state index contributed by atoms with van der Waals surface area (Å²) < 4.78 is 6.73. The highest BCUT2D eigenvalue weighted by Gasteiger charge is 2.14. The minimum absolute atomic E-state index is 0.202. The predicted octanol–water partition coefficient (Wildman–Crippen LogP) is 4.29. The second-order valence-corrected chi connectivity index (χ2v) is 7.91. The third-order valence-electron chi connectivity index (χ3n) is 4.13. The van der Waals surface area contributed by atoms with Crippen LogP contribution in [-0.2, 0) is 17.8 Å². The van der Waals surface area contributed by atoms with Gasteiger partial charge < -0.3 is 15.0 Å². The summed E-state index contributed by atoms with van der Waals surface area (Å²) in [4.78, 5) is 30.1. The van der Waals surface area contributed by atoms with Crippen LogP contribution in [0.15, 0.2) is 23.0 Å².